The third-order valence-electron chi connectivity index (χ3n) is 2.85. The molecule has 0 atom stereocenters. The molecule has 19 heavy (non-hydrogen) atoms. The first kappa shape index (κ1) is 13.9. The number of ether oxygens (including phenoxy) is 2. The number of aromatic nitrogens is 2. The van der Waals surface area contributed by atoms with Gasteiger partial charge in [-0.15, -0.1) is 0 Å². The van der Waals surface area contributed by atoms with E-state index in [2.05, 4.69) is 20.9 Å². The molecule has 0 amide bonds. The Morgan fingerprint density at radius 1 is 1.21 bits per heavy atom. The van der Waals surface area contributed by atoms with Crippen molar-refractivity contribution in [2.45, 2.75) is 6.61 Å². The second-order valence-corrected chi connectivity index (χ2v) is 4.74. The zero-order chi connectivity index (χ0) is 14.0. The smallest absolute Gasteiger partial charge is 0.141 e. The Morgan fingerprint density at radius 2 is 1.79 bits per heavy atom. The predicted octanol–water partition coefficient (Wildman–Crippen LogP) is 2.36. The van der Waals surface area contributed by atoms with Crippen molar-refractivity contribution in [3.63, 3.8) is 0 Å². The molecule has 1 aromatic carbocycles. The molecule has 0 bridgehead atoms. The van der Waals surface area contributed by atoms with Crippen LogP contribution in [0.5, 0.6) is 11.5 Å². The number of nitrogens with zero attached hydrogens (tertiary/aromatic N) is 2. The number of hydrogen-bond acceptors (Lipinski definition) is 4. The van der Waals surface area contributed by atoms with E-state index in [1.807, 2.05) is 23.7 Å². The van der Waals surface area contributed by atoms with E-state index in [0.717, 1.165) is 16.0 Å². The SMILES string of the molecule is COc1cc(OC)cc(-c2nc(CO)c(Br)n2C)c1. The minimum Gasteiger partial charge on any atom is -0.497 e. The van der Waals surface area contributed by atoms with Gasteiger partial charge in [0.25, 0.3) is 0 Å². The fourth-order valence-corrected chi connectivity index (χ4v) is 2.21. The van der Waals surface area contributed by atoms with E-state index < -0.39 is 0 Å². The predicted molar refractivity (Wildman–Crippen MR) is 75.4 cm³/mol. The maximum atomic E-state index is 9.25. The Morgan fingerprint density at radius 3 is 2.21 bits per heavy atom. The van der Waals surface area contributed by atoms with Crippen LogP contribution < -0.4 is 9.47 Å². The van der Waals surface area contributed by atoms with Crippen molar-refractivity contribution >= 4 is 15.9 Å². The molecule has 0 saturated carbocycles. The molecule has 1 aromatic heterocycles. The third-order valence-corrected chi connectivity index (χ3v) is 3.84. The molecule has 5 nitrogen and oxygen atoms in total. The van der Waals surface area contributed by atoms with Crippen LogP contribution in [-0.2, 0) is 13.7 Å². The maximum Gasteiger partial charge on any atom is 0.141 e. The van der Waals surface area contributed by atoms with Crippen molar-refractivity contribution in [3.05, 3.63) is 28.5 Å². The van der Waals surface area contributed by atoms with Gasteiger partial charge in [-0.3, -0.25) is 0 Å². The van der Waals surface area contributed by atoms with Crippen molar-refractivity contribution in [1.29, 1.82) is 0 Å². The highest BCUT2D eigenvalue weighted by Crippen LogP contribution is 2.31. The van der Waals surface area contributed by atoms with Crippen molar-refractivity contribution < 1.29 is 14.6 Å². The van der Waals surface area contributed by atoms with Gasteiger partial charge in [-0.25, -0.2) is 4.98 Å². The van der Waals surface area contributed by atoms with Crippen LogP contribution in [0.3, 0.4) is 0 Å². The average Bonchev–Trinajstić information content (AvgIpc) is 2.74. The number of rotatable bonds is 4. The van der Waals surface area contributed by atoms with E-state index in [9.17, 15) is 5.11 Å². The van der Waals surface area contributed by atoms with Crippen LogP contribution in [-0.4, -0.2) is 28.9 Å². The number of methoxy groups -OCH3 is 2. The number of halogens is 1. The molecule has 2 aromatic rings. The molecule has 0 spiro atoms. The lowest BCUT2D eigenvalue weighted by atomic mass is 10.2. The number of imidazole rings is 1. The highest BCUT2D eigenvalue weighted by atomic mass is 79.9. The van der Waals surface area contributed by atoms with Crippen LogP contribution in [0.4, 0.5) is 0 Å². The molecule has 1 heterocycles. The van der Waals surface area contributed by atoms with E-state index in [1.165, 1.54) is 0 Å². The molecule has 0 aliphatic carbocycles. The van der Waals surface area contributed by atoms with E-state index in [1.54, 1.807) is 20.3 Å². The van der Waals surface area contributed by atoms with Gasteiger partial charge in [0.15, 0.2) is 0 Å². The number of aliphatic hydroxyl groups is 1. The Bertz CT molecular complexity index is 574. The Labute approximate surface area is 119 Å². The second-order valence-electron chi connectivity index (χ2n) is 3.99. The highest BCUT2D eigenvalue weighted by molar-refractivity contribution is 9.10. The quantitative estimate of drug-likeness (QED) is 0.937. The molecule has 0 saturated heterocycles. The number of hydrogen-bond donors (Lipinski definition) is 1. The summed E-state index contributed by atoms with van der Waals surface area (Å²) in [6.45, 7) is -0.116. The summed E-state index contributed by atoms with van der Waals surface area (Å²) in [7, 11) is 5.08. The van der Waals surface area contributed by atoms with E-state index in [-0.39, 0.29) is 6.61 Å². The molecule has 0 aliphatic heterocycles. The molecule has 6 heteroatoms. The summed E-state index contributed by atoms with van der Waals surface area (Å²) >= 11 is 3.41. The van der Waals surface area contributed by atoms with Gasteiger partial charge in [-0.1, -0.05) is 0 Å². The Balaban J connectivity index is 2.57. The summed E-state index contributed by atoms with van der Waals surface area (Å²) in [4.78, 5) is 4.40. The van der Waals surface area contributed by atoms with Gasteiger partial charge >= 0.3 is 0 Å². The molecule has 0 fully saturated rings. The van der Waals surface area contributed by atoms with Crippen LogP contribution >= 0.6 is 15.9 Å². The minimum atomic E-state index is -0.116. The summed E-state index contributed by atoms with van der Waals surface area (Å²) in [6.07, 6.45) is 0. The lowest BCUT2D eigenvalue weighted by Gasteiger charge is -2.08. The summed E-state index contributed by atoms with van der Waals surface area (Å²) < 4.78 is 13.1. The summed E-state index contributed by atoms with van der Waals surface area (Å²) in [5.74, 6) is 2.12. The summed E-state index contributed by atoms with van der Waals surface area (Å²) in [5.41, 5.74) is 1.46. The van der Waals surface area contributed by atoms with Crippen LogP contribution in [0.1, 0.15) is 5.69 Å². The molecule has 0 aliphatic rings. The van der Waals surface area contributed by atoms with E-state index in [4.69, 9.17) is 9.47 Å². The number of benzene rings is 1. The van der Waals surface area contributed by atoms with Crippen LogP contribution in [0, 0.1) is 0 Å². The zero-order valence-corrected chi connectivity index (χ0v) is 12.6. The van der Waals surface area contributed by atoms with Gasteiger partial charge < -0.3 is 19.1 Å². The standard InChI is InChI=1S/C13H15BrN2O3/c1-16-12(14)11(7-17)15-13(16)8-4-9(18-2)6-10(5-8)19-3/h4-6,17H,7H2,1-3H3. The third kappa shape index (κ3) is 2.59. The second kappa shape index (κ2) is 5.63. The summed E-state index contributed by atoms with van der Waals surface area (Å²) in [5, 5.41) is 9.25. The first-order valence-corrected chi connectivity index (χ1v) is 6.45. The van der Waals surface area contributed by atoms with Crippen molar-refractivity contribution in [1.82, 2.24) is 9.55 Å². The van der Waals surface area contributed by atoms with Gasteiger partial charge in [-0.2, -0.15) is 0 Å². The maximum absolute atomic E-state index is 9.25. The highest BCUT2D eigenvalue weighted by Gasteiger charge is 2.15. The van der Waals surface area contributed by atoms with Crippen LogP contribution in [0.2, 0.25) is 0 Å². The molecule has 0 radical (unpaired) electrons. The van der Waals surface area contributed by atoms with Crippen molar-refractivity contribution in [2.75, 3.05) is 14.2 Å². The van der Waals surface area contributed by atoms with Gasteiger partial charge in [-0.05, 0) is 28.1 Å². The zero-order valence-electron chi connectivity index (χ0n) is 11.0. The van der Waals surface area contributed by atoms with Gasteiger partial charge in [0.05, 0.1) is 26.5 Å². The lowest BCUT2D eigenvalue weighted by Crippen LogP contribution is -1.95. The Hall–Kier alpha value is -1.53. The molecule has 102 valence electrons. The molecular formula is C13H15BrN2O3. The molecular weight excluding hydrogens is 312 g/mol. The topological polar surface area (TPSA) is 56.5 Å². The van der Waals surface area contributed by atoms with Crippen molar-refractivity contribution in [3.8, 4) is 22.9 Å². The van der Waals surface area contributed by atoms with E-state index >= 15 is 0 Å². The lowest BCUT2D eigenvalue weighted by molar-refractivity contribution is 0.276. The van der Waals surface area contributed by atoms with Gasteiger partial charge in [0.2, 0.25) is 0 Å². The first-order valence-electron chi connectivity index (χ1n) is 5.66. The molecule has 2 rings (SSSR count). The molecule has 0 unspecified atom stereocenters. The Kier molecular flexibility index (Phi) is 4.11. The van der Waals surface area contributed by atoms with Crippen LogP contribution in [0.15, 0.2) is 22.8 Å². The first-order chi connectivity index (χ1) is 9.10. The monoisotopic (exact) mass is 326 g/mol. The normalized spacial score (nSPS) is 10.6. The number of aliphatic hydroxyl groups excluding tert-OH is 1. The van der Waals surface area contributed by atoms with Gasteiger partial charge in [0, 0.05) is 18.7 Å². The van der Waals surface area contributed by atoms with E-state index in [0.29, 0.717) is 17.2 Å². The van der Waals surface area contributed by atoms with Crippen LogP contribution in [0.25, 0.3) is 11.4 Å². The fraction of sp³-hybridized carbons (Fsp3) is 0.308. The molecule has 1 N–H and O–H groups in total. The minimum absolute atomic E-state index is 0.116. The summed E-state index contributed by atoms with van der Waals surface area (Å²) in [6, 6.07) is 5.55. The largest absolute Gasteiger partial charge is 0.497 e. The fourth-order valence-electron chi connectivity index (χ4n) is 1.83. The average molecular weight is 327 g/mol. The van der Waals surface area contributed by atoms with Gasteiger partial charge in [0.1, 0.15) is 21.9 Å². The van der Waals surface area contributed by atoms with Crippen molar-refractivity contribution in [2.24, 2.45) is 7.05 Å².